The van der Waals surface area contributed by atoms with Crippen molar-refractivity contribution in [3.05, 3.63) is 30.1 Å². The Bertz CT molecular complexity index is 402. The topological polar surface area (TPSA) is 47.0 Å². The Morgan fingerprint density at radius 3 is 3.00 bits per heavy atom. The highest BCUT2D eigenvalue weighted by atomic mass is 32.3. The largest absolute Gasteiger partial charge is 0.264 e. The number of hydrogen-bond acceptors (Lipinski definition) is 4. The van der Waals surface area contributed by atoms with Crippen LogP contribution in [0.4, 0.5) is 0 Å². The molecule has 2 heterocycles. The summed E-state index contributed by atoms with van der Waals surface area (Å²) in [6.45, 7) is 0. The summed E-state index contributed by atoms with van der Waals surface area (Å²) in [4.78, 5) is 3.95. The lowest BCUT2D eigenvalue weighted by Crippen LogP contribution is -2.20. The standard InChI is InChI=1S/C9H11NO2S2/c11-14(12)6-2-5-13-9(14)8-3-1-4-10-7-8/h1,3-4,7,9H,2,5-6H2/t9-/m1/s1. The number of pyridine rings is 1. The van der Waals surface area contributed by atoms with Crippen LogP contribution in [0.5, 0.6) is 0 Å². The van der Waals surface area contributed by atoms with E-state index in [0.29, 0.717) is 5.75 Å². The van der Waals surface area contributed by atoms with Crippen LogP contribution in [0.15, 0.2) is 24.5 Å². The van der Waals surface area contributed by atoms with Gasteiger partial charge in [-0.2, -0.15) is 0 Å². The zero-order valence-electron chi connectivity index (χ0n) is 7.59. The molecule has 1 saturated heterocycles. The molecule has 0 saturated carbocycles. The van der Waals surface area contributed by atoms with E-state index in [-0.39, 0.29) is 0 Å². The summed E-state index contributed by atoms with van der Waals surface area (Å²) in [6, 6.07) is 3.60. The lowest BCUT2D eigenvalue weighted by Gasteiger charge is -2.21. The Balaban J connectivity index is 2.34. The van der Waals surface area contributed by atoms with E-state index in [1.54, 1.807) is 18.5 Å². The highest BCUT2D eigenvalue weighted by molar-refractivity contribution is 8.13. The van der Waals surface area contributed by atoms with Gasteiger partial charge in [-0.1, -0.05) is 6.07 Å². The smallest absolute Gasteiger partial charge is 0.166 e. The van der Waals surface area contributed by atoms with E-state index in [1.807, 2.05) is 6.07 Å². The summed E-state index contributed by atoms with van der Waals surface area (Å²) < 4.78 is 23.1. The molecule has 2 rings (SSSR count). The van der Waals surface area contributed by atoms with Crippen LogP contribution in [-0.2, 0) is 9.84 Å². The van der Waals surface area contributed by atoms with Gasteiger partial charge in [-0.25, -0.2) is 8.42 Å². The SMILES string of the molecule is O=S1(=O)CCCS[C@H]1c1cccnc1. The summed E-state index contributed by atoms with van der Waals surface area (Å²) in [7, 11) is -2.95. The lowest BCUT2D eigenvalue weighted by molar-refractivity contribution is 0.591. The minimum atomic E-state index is -2.95. The van der Waals surface area contributed by atoms with Crippen molar-refractivity contribution in [2.75, 3.05) is 11.5 Å². The van der Waals surface area contributed by atoms with Gasteiger partial charge in [0.15, 0.2) is 9.84 Å². The number of hydrogen-bond donors (Lipinski definition) is 0. The second-order valence-electron chi connectivity index (χ2n) is 3.21. The summed E-state index contributed by atoms with van der Waals surface area (Å²) in [5.74, 6) is 1.22. The lowest BCUT2D eigenvalue weighted by atomic mass is 10.3. The van der Waals surface area contributed by atoms with Crippen molar-refractivity contribution < 1.29 is 8.42 Å². The average molecular weight is 229 g/mol. The van der Waals surface area contributed by atoms with Crippen molar-refractivity contribution in [2.45, 2.75) is 11.0 Å². The molecule has 1 fully saturated rings. The van der Waals surface area contributed by atoms with Crippen LogP contribution in [0.3, 0.4) is 0 Å². The molecule has 76 valence electrons. The zero-order valence-corrected chi connectivity index (χ0v) is 9.22. The van der Waals surface area contributed by atoms with Gasteiger partial charge in [0.05, 0.1) is 5.75 Å². The first kappa shape index (κ1) is 9.98. The Morgan fingerprint density at radius 1 is 1.50 bits per heavy atom. The van der Waals surface area contributed by atoms with Gasteiger partial charge >= 0.3 is 0 Å². The molecule has 1 atom stereocenters. The average Bonchev–Trinajstić information content (AvgIpc) is 2.18. The van der Waals surface area contributed by atoms with Crippen LogP contribution in [-0.4, -0.2) is 24.9 Å². The third-order valence-electron chi connectivity index (χ3n) is 2.13. The summed E-state index contributed by atoms with van der Waals surface area (Å²) in [6.07, 6.45) is 4.06. The summed E-state index contributed by atoms with van der Waals surface area (Å²) in [5, 5.41) is 0. The van der Waals surface area contributed by atoms with E-state index >= 15 is 0 Å². The van der Waals surface area contributed by atoms with Crippen LogP contribution in [0.2, 0.25) is 0 Å². The van der Waals surface area contributed by atoms with Crippen molar-refractivity contribution in [3.63, 3.8) is 0 Å². The van der Waals surface area contributed by atoms with Crippen LogP contribution >= 0.6 is 11.8 Å². The molecule has 0 amide bonds. The third kappa shape index (κ3) is 1.93. The Hall–Kier alpha value is -0.550. The van der Waals surface area contributed by atoms with Gasteiger partial charge in [-0.15, -0.1) is 11.8 Å². The highest BCUT2D eigenvalue weighted by Crippen LogP contribution is 2.38. The third-order valence-corrected chi connectivity index (χ3v) is 6.29. The van der Waals surface area contributed by atoms with Gasteiger partial charge in [-0.05, 0) is 23.8 Å². The van der Waals surface area contributed by atoms with Gasteiger partial charge in [0, 0.05) is 12.4 Å². The maximum atomic E-state index is 11.7. The van der Waals surface area contributed by atoms with E-state index < -0.39 is 14.4 Å². The summed E-state index contributed by atoms with van der Waals surface area (Å²) in [5.41, 5.74) is 0.803. The molecule has 1 aromatic heterocycles. The maximum absolute atomic E-state index is 11.7. The predicted octanol–water partition coefficient (Wildman–Crippen LogP) is 1.63. The van der Waals surface area contributed by atoms with Crippen molar-refractivity contribution in [1.82, 2.24) is 4.98 Å². The highest BCUT2D eigenvalue weighted by Gasteiger charge is 2.30. The van der Waals surface area contributed by atoms with Crippen molar-refractivity contribution in [3.8, 4) is 0 Å². The molecule has 0 radical (unpaired) electrons. The van der Waals surface area contributed by atoms with Gasteiger partial charge in [0.25, 0.3) is 0 Å². The fourth-order valence-electron chi connectivity index (χ4n) is 1.48. The summed E-state index contributed by atoms with van der Waals surface area (Å²) >= 11 is 1.50. The normalized spacial score (nSPS) is 25.9. The van der Waals surface area contributed by atoms with Crippen LogP contribution in [0.1, 0.15) is 16.6 Å². The van der Waals surface area contributed by atoms with E-state index in [1.165, 1.54) is 11.8 Å². The number of aromatic nitrogens is 1. The molecular formula is C9H11NO2S2. The molecule has 1 aliphatic heterocycles. The quantitative estimate of drug-likeness (QED) is 0.734. The molecule has 0 bridgehead atoms. The van der Waals surface area contributed by atoms with Gasteiger partial charge < -0.3 is 0 Å². The molecule has 5 heteroatoms. The molecule has 0 aromatic carbocycles. The molecule has 0 spiro atoms. The second-order valence-corrected chi connectivity index (χ2v) is 6.93. The fourth-order valence-corrected chi connectivity index (χ4v) is 5.24. The predicted molar refractivity (Wildman–Crippen MR) is 57.8 cm³/mol. The van der Waals surface area contributed by atoms with Crippen molar-refractivity contribution in [1.29, 1.82) is 0 Å². The molecule has 1 aliphatic rings. The fraction of sp³-hybridized carbons (Fsp3) is 0.444. The molecule has 0 N–H and O–H groups in total. The Kier molecular flexibility index (Phi) is 2.78. The van der Waals surface area contributed by atoms with Gasteiger partial charge in [0.1, 0.15) is 4.58 Å². The van der Waals surface area contributed by atoms with E-state index in [9.17, 15) is 8.42 Å². The monoisotopic (exact) mass is 229 g/mol. The first-order chi connectivity index (χ1) is 6.70. The Labute approximate surface area is 87.9 Å². The van der Waals surface area contributed by atoms with Gasteiger partial charge in [-0.3, -0.25) is 4.98 Å². The van der Waals surface area contributed by atoms with Crippen molar-refractivity contribution in [2.24, 2.45) is 0 Å². The Morgan fingerprint density at radius 2 is 2.36 bits per heavy atom. The van der Waals surface area contributed by atoms with E-state index in [4.69, 9.17) is 0 Å². The molecule has 0 unspecified atom stereocenters. The number of rotatable bonds is 1. The molecule has 3 nitrogen and oxygen atoms in total. The molecule has 14 heavy (non-hydrogen) atoms. The van der Waals surface area contributed by atoms with Crippen LogP contribution in [0.25, 0.3) is 0 Å². The second kappa shape index (κ2) is 3.90. The van der Waals surface area contributed by atoms with Crippen LogP contribution in [0, 0.1) is 0 Å². The minimum absolute atomic E-state index is 0.305. The van der Waals surface area contributed by atoms with Crippen LogP contribution < -0.4 is 0 Å². The maximum Gasteiger partial charge on any atom is 0.166 e. The number of thioether (sulfide) groups is 1. The zero-order chi connectivity index (χ0) is 10.0. The molecular weight excluding hydrogens is 218 g/mol. The van der Waals surface area contributed by atoms with E-state index in [2.05, 4.69) is 4.98 Å². The first-order valence-corrected chi connectivity index (χ1v) is 7.20. The minimum Gasteiger partial charge on any atom is -0.264 e. The molecule has 0 aliphatic carbocycles. The van der Waals surface area contributed by atoms with Crippen molar-refractivity contribution >= 4 is 21.6 Å². The van der Waals surface area contributed by atoms with E-state index in [0.717, 1.165) is 17.7 Å². The first-order valence-electron chi connectivity index (χ1n) is 4.43. The number of nitrogens with zero attached hydrogens (tertiary/aromatic N) is 1. The van der Waals surface area contributed by atoms with Gasteiger partial charge in [0.2, 0.25) is 0 Å². The number of sulfone groups is 1. The molecule has 1 aromatic rings.